The summed E-state index contributed by atoms with van der Waals surface area (Å²) >= 11 is 0. The van der Waals surface area contributed by atoms with E-state index in [0.717, 1.165) is 5.69 Å². The van der Waals surface area contributed by atoms with Gasteiger partial charge in [-0.1, -0.05) is 0 Å². The maximum absolute atomic E-state index is 12.1. The topological polar surface area (TPSA) is 107 Å². The zero-order valence-corrected chi connectivity index (χ0v) is 14.5. The van der Waals surface area contributed by atoms with Crippen molar-refractivity contribution in [2.45, 2.75) is 6.92 Å². The lowest BCUT2D eigenvalue weighted by molar-refractivity contribution is 0.0954. The van der Waals surface area contributed by atoms with Crippen LogP contribution in [-0.4, -0.2) is 50.8 Å². The highest BCUT2D eigenvalue weighted by molar-refractivity contribution is 5.94. The Hall–Kier alpha value is -3.49. The highest BCUT2D eigenvalue weighted by Gasteiger charge is 2.07. The van der Waals surface area contributed by atoms with Crippen molar-refractivity contribution >= 4 is 11.7 Å². The molecule has 3 heterocycles. The second-order valence-electron chi connectivity index (χ2n) is 5.43. The predicted molar refractivity (Wildman–Crippen MR) is 95.5 cm³/mol. The first kappa shape index (κ1) is 17.3. The van der Waals surface area contributed by atoms with Crippen LogP contribution in [0.25, 0.3) is 5.82 Å². The van der Waals surface area contributed by atoms with Gasteiger partial charge in [-0.15, -0.1) is 0 Å². The third-order valence-electron chi connectivity index (χ3n) is 3.53. The normalized spacial score (nSPS) is 10.4. The van der Waals surface area contributed by atoms with Gasteiger partial charge in [-0.2, -0.15) is 5.10 Å². The van der Waals surface area contributed by atoms with Crippen LogP contribution in [0.5, 0.6) is 5.88 Å². The molecular weight excluding hydrogens is 334 g/mol. The third-order valence-corrected chi connectivity index (χ3v) is 3.53. The van der Waals surface area contributed by atoms with Crippen molar-refractivity contribution in [3.8, 4) is 11.7 Å². The summed E-state index contributed by atoms with van der Waals surface area (Å²) in [7, 11) is 1.51. The molecule has 0 aliphatic rings. The zero-order chi connectivity index (χ0) is 18.4. The van der Waals surface area contributed by atoms with E-state index in [4.69, 9.17) is 4.74 Å². The Kier molecular flexibility index (Phi) is 5.37. The number of nitrogens with one attached hydrogen (secondary N) is 2. The Morgan fingerprint density at radius 2 is 2.08 bits per heavy atom. The lowest BCUT2D eigenvalue weighted by Crippen LogP contribution is -2.29. The van der Waals surface area contributed by atoms with Crippen molar-refractivity contribution in [2.75, 3.05) is 25.5 Å². The van der Waals surface area contributed by atoms with Crippen LogP contribution in [0, 0.1) is 6.92 Å². The summed E-state index contributed by atoms with van der Waals surface area (Å²) in [6.07, 6.45) is 4.84. The SMILES string of the molecule is COc1cc(C(=O)NCCNc2cc(-n3ccc(C)n3)ncn2)ccn1. The molecule has 0 radical (unpaired) electrons. The number of anilines is 1. The zero-order valence-electron chi connectivity index (χ0n) is 14.5. The molecule has 0 fully saturated rings. The van der Waals surface area contributed by atoms with Gasteiger partial charge in [0.25, 0.3) is 5.91 Å². The second kappa shape index (κ2) is 8.06. The number of nitrogens with zero attached hydrogens (tertiary/aromatic N) is 5. The number of hydrogen-bond donors (Lipinski definition) is 2. The summed E-state index contributed by atoms with van der Waals surface area (Å²) in [6, 6.07) is 6.92. The summed E-state index contributed by atoms with van der Waals surface area (Å²) in [6.45, 7) is 2.87. The van der Waals surface area contributed by atoms with Crippen LogP contribution in [0.3, 0.4) is 0 Å². The Bertz CT molecular complexity index is 894. The Balaban J connectivity index is 1.51. The van der Waals surface area contributed by atoms with Crippen molar-refractivity contribution in [3.05, 3.63) is 54.2 Å². The lowest BCUT2D eigenvalue weighted by Gasteiger charge is -2.09. The van der Waals surface area contributed by atoms with Gasteiger partial charge < -0.3 is 15.4 Å². The van der Waals surface area contributed by atoms with E-state index in [0.29, 0.717) is 36.2 Å². The van der Waals surface area contributed by atoms with Crippen molar-refractivity contribution < 1.29 is 9.53 Å². The molecular formula is C17H19N7O2. The van der Waals surface area contributed by atoms with E-state index in [1.165, 1.54) is 19.6 Å². The molecule has 0 aliphatic heterocycles. The van der Waals surface area contributed by atoms with Crippen molar-refractivity contribution in [1.29, 1.82) is 0 Å². The Labute approximate surface area is 150 Å². The van der Waals surface area contributed by atoms with Crippen LogP contribution < -0.4 is 15.4 Å². The van der Waals surface area contributed by atoms with Crippen molar-refractivity contribution in [2.24, 2.45) is 0 Å². The second-order valence-corrected chi connectivity index (χ2v) is 5.43. The average molecular weight is 353 g/mol. The van der Waals surface area contributed by atoms with Gasteiger partial charge in [0.1, 0.15) is 12.1 Å². The molecule has 3 aromatic heterocycles. The van der Waals surface area contributed by atoms with Crippen molar-refractivity contribution in [3.63, 3.8) is 0 Å². The van der Waals surface area contributed by atoms with Crippen LogP contribution >= 0.6 is 0 Å². The van der Waals surface area contributed by atoms with E-state index in [1.54, 1.807) is 22.9 Å². The van der Waals surface area contributed by atoms with Crippen LogP contribution in [0.4, 0.5) is 5.82 Å². The van der Waals surface area contributed by atoms with Crippen LogP contribution in [-0.2, 0) is 0 Å². The number of aryl methyl sites for hydroxylation is 1. The molecule has 26 heavy (non-hydrogen) atoms. The number of aromatic nitrogens is 5. The first-order valence-corrected chi connectivity index (χ1v) is 8.02. The van der Waals surface area contributed by atoms with Gasteiger partial charge in [-0.3, -0.25) is 4.79 Å². The Morgan fingerprint density at radius 1 is 1.19 bits per heavy atom. The van der Waals surface area contributed by atoms with Gasteiger partial charge in [0.05, 0.1) is 12.8 Å². The smallest absolute Gasteiger partial charge is 0.251 e. The number of hydrogen-bond acceptors (Lipinski definition) is 7. The molecule has 0 unspecified atom stereocenters. The van der Waals surface area contributed by atoms with E-state index < -0.39 is 0 Å². The molecule has 9 heteroatoms. The van der Waals surface area contributed by atoms with Crippen LogP contribution in [0.15, 0.2) is 43.0 Å². The van der Waals surface area contributed by atoms with E-state index in [-0.39, 0.29) is 5.91 Å². The lowest BCUT2D eigenvalue weighted by atomic mass is 10.2. The van der Waals surface area contributed by atoms with Crippen LogP contribution in [0.1, 0.15) is 16.1 Å². The monoisotopic (exact) mass is 353 g/mol. The molecule has 0 bridgehead atoms. The summed E-state index contributed by atoms with van der Waals surface area (Å²) in [5.41, 5.74) is 1.41. The van der Waals surface area contributed by atoms with Crippen molar-refractivity contribution in [1.82, 2.24) is 30.0 Å². The standard InChI is InChI=1S/C17H19N7O2/c1-12-4-8-24(23-12)15-10-14(21-11-22-15)18-6-7-20-17(25)13-3-5-19-16(9-13)26-2/h3-5,8-11H,6-7H2,1-2H3,(H,20,25)(H,18,21,22). The molecule has 0 atom stereocenters. The number of carbonyl (C=O) groups excluding carboxylic acids is 1. The molecule has 2 N–H and O–H groups in total. The third kappa shape index (κ3) is 4.32. The van der Waals surface area contributed by atoms with Gasteiger partial charge in [-0.25, -0.2) is 19.6 Å². The van der Waals surface area contributed by atoms with E-state index in [1.807, 2.05) is 19.2 Å². The van der Waals surface area contributed by atoms with Gasteiger partial charge in [0.2, 0.25) is 5.88 Å². The Morgan fingerprint density at radius 3 is 2.85 bits per heavy atom. The molecule has 9 nitrogen and oxygen atoms in total. The molecule has 0 aliphatic carbocycles. The fourth-order valence-corrected chi connectivity index (χ4v) is 2.24. The fraction of sp³-hybridized carbons (Fsp3) is 0.235. The van der Waals surface area contributed by atoms with Gasteiger partial charge >= 0.3 is 0 Å². The van der Waals surface area contributed by atoms with E-state index in [9.17, 15) is 4.79 Å². The number of methoxy groups -OCH3 is 1. The van der Waals surface area contributed by atoms with Gasteiger partial charge in [-0.05, 0) is 19.1 Å². The first-order valence-electron chi connectivity index (χ1n) is 8.02. The number of pyridine rings is 1. The quantitative estimate of drug-likeness (QED) is 0.615. The number of carbonyl (C=O) groups is 1. The molecule has 1 amide bonds. The van der Waals surface area contributed by atoms with E-state index in [2.05, 4.69) is 30.7 Å². The fourth-order valence-electron chi connectivity index (χ4n) is 2.24. The van der Waals surface area contributed by atoms with Gasteiger partial charge in [0, 0.05) is 43.2 Å². The van der Waals surface area contributed by atoms with Crippen LogP contribution in [0.2, 0.25) is 0 Å². The highest BCUT2D eigenvalue weighted by Crippen LogP contribution is 2.09. The molecule has 0 aromatic carbocycles. The van der Waals surface area contributed by atoms with Gasteiger partial charge in [0.15, 0.2) is 5.82 Å². The minimum Gasteiger partial charge on any atom is -0.481 e. The highest BCUT2D eigenvalue weighted by atomic mass is 16.5. The molecule has 3 rings (SSSR count). The van der Waals surface area contributed by atoms with E-state index >= 15 is 0 Å². The molecule has 134 valence electrons. The maximum Gasteiger partial charge on any atom is 0.251 e. The summed E-state index contributed by atoms with van der Waals surface area (Å²) in [4.78, 5) is 24.4. The predicted octanol–water partition coefficient (Wildman–Crippen LogP) is 1.22. The number of ether oxygens (including phenoxy) is 1. The number of amides is 1. The minimum absolute atomic E-state index is 0.192. The molecule has 0 saturated carbocycles. The molecule has 0 saturated heterocycles. The molecule has 0 spiro atoms. The first-order chi connectivity index (χ1) is 12.7. The minimum atomic E-state index is -0.192. The summed E-state index contributed by atoms with van der Waals surface area (Å²) < 4.78 is 6.69. The summed E-state index contributed by atoms with van der Waals surface area (Å²) in [5.74, 6) is 1.53. The number of rotatable bonds is 7. The maximum atomic E-state index is 12.1. The largest absolute Gasteiger partial charge is 0.481 e. The average Bonchev–Trinajstić information content (AvgIpc) is 3.12. The molecule has 3 aromatic rings. The summed E-state index contributed by atoms with van der Waals surface area (Å²) in [5, 5.41) is 10.3.